The molecule has 3 nitrogen and oxygen atoms in total. The number of hydrogen-bond acceptors (Lipinski definition) is 3. The van der Waals surface area contributed by atoms with E-state index in [1.54, 1.807) is 0 Å². The van der Waals surface area contributed by atoms with Crippen molar-refractivity contribution in [3.05, 3.63) is 23.3 Å². The maximum Gasteiger partial charge on any atom is 0.308 e. The topological polar surface area (TPSA) is 29.5 Å². The van der Waals surface area contributed by atoms with Crippen molar-refractivity contribution < 1.29 is 9.53 Å². The second-order valence-electron chi connectivity index (χ2n) is 4.84. The zero-order valence-electron chi connectivity index (χ0n) is 10.2. The molecule has 3 rings (SSSR count). The van der Waals surface area contributed by atoms with Gasteiger partial charge in [-0.15, -0.1) is 0 Å². The van der Waals surface area contributed by atoms with Crippen molar-refractivity contribution in [3.8, 4) is 5.75 Å². The van der Waals surface area contributed by atoms with Gasteiger partial charge in [0.1, 0.15) is 5.75 Å². The number of ether oxygens (including phenoxy) is 1. The number of hydrogen-bond donors (Lipinski definition) is 0. The van der Waals surface area contributed by atoms with Gasteiger partial charge in [0.05, 0.1) is 0 Å². The van der Waals surface area contributed by atoms with Crippen LogP contribution in [0.4, 0.5) is 5.69 Å². The molecule has 90 valence electrons. The number of aryl methyl sites for hydroxylation is 1. The normalized spacial score (nSPS) is 17.6. The second kappa shape index (κ2) is 4.06. The second-order valence-corrected chi connectivity index (χ2v) is 4.84. The number of carbonyl (C=O) groups excluding carboxylic acids is 1. The van der Waals surface area contributed by atoms with Crippen LogP contribution < -0.4 is 9.64 Å². The molecular formula is C14H17NO2. The van der Waals surface area contributed by atoms with Crippen molar-refractivity contribution >= 4 is 11.7 Å². The van der Waals surface area contributed by atoms with Gasteiger partial charge in [-0.2, -0.15) is 0 Å². The van der Waals surface area contributed by atoms with Crippen molar-refractivity contribution in [1.29, 1.82) is 0 Å². The monoisotopic (exact) mass is 231 g/mol. The summed E-state index contributed by atoms with van der Waals surface area (Å²) in [4.78, 5) is 13.6. The summed E-state index contributed by atoms with van der Waals surface area (Å²) in [6.45, 7) is 3.75. The molecule has 1 aromatic rings. The van der Waals surface area contributed by atoms with Gasteiger partial charge in [-0.1, -0.05) is 6.07 Å². The molecule has 2 aliphatic rings. The van der Waals surface area contributed by atoms with E-state index in [0.29, 0.717) is 0 Å². The Bertz CT molecular complexity index is 466. The maximum absolute atomic E-state index is 11.1. The molecule has 0 fully saturated rings. The summed E-state index contributed by atoms with van der Waals surface area (Å²) in [5.74, 6) is 0.539. The van der Waals surface area contributed by atoms with Gasteiger partial charge in [0, 0.05) is 31.3 Å². The molecule has 0 saturated heterocycles. The quantitative estimate of drug-likeness (QED) is 0.548. The van der Waals surface area contributed by atoms with Crippen LogP contribution in [-0.4, -0.2) is 19.1 Å². The molecule has 0 spiro atoms. The molecule has 0 unspecified atom stereocenters. The molecule has 0 aromatic heterocycles. The van der Waals surface area contributed by atoms with Crippen LogP contribution in [0.25, 0.3) is 0 Å². The lowest BCUT2D eigenvalue weighted by Crippen LogP contribution is -2.34. The van der Waals surface area contributed by atoms with Crippen molar-refractivity contribution in [3.63, 3.8) is 0 Å². The van der Waals surface area contributed by atoms with Crippen LogP contribution in [0.2, 0.25) is 0 Å². The first kappa shape index (κ1) is 10.6. The summed E-state index contributed by atoms with van der Waals surface area (Å²) in [5, 5.41) is 0. The third-order valence-corrected chi connectivity index (χ3v) is 3.62. The molecule has 3 heteroatoms. The van der Waals surface area contributed by atoms with Crippen LogP contribution in [-0.2, 0) is 17.6 Å². The Morgan fingerprint density at radius 2 is 2.00 bits per heavy atom. The van der Waals surface area contributed by atoms with Crippen molar-refractivity contribution in [2.45, 2.75) is 32.6 Å². The van der Waals surface area contributed by atoms with Gasteiger partial charge in [-0.3, -0.25) is 4.79 Å². The highest BCUT2D eigenvalue weighted by atomic mass is 16.5. The van der Waals surface area contributed by atoms with Gasteiger partial charge in [-0.05, 0) is 37.3 Å². The summed E-state index contributed by atoms with van der Waals surface area (Å²) in [6.07, 6.45) is 4.57. The van der Waals surface area contributed by atoms with Crippen LogP contribution in [0.1, 0.15) is 30.9 Å². The van der Waals surface area contributed by atoms with Crippen molar-refractivity contribution in [2.24, 2.45) is 0 Å². The average molecular weight is 231 g/mol. The lowest BCUT2D eigenvalue weighted by Gasteiger charge is -2.37. The summed E-state index contributed by atoms with van der Waals surface area (Å²) >= 11 is 0. The van der Waals surface area contributed by atoms with Gasteiger partial charge in [-0.25, -0.2) is 0 Å². The minimum Gasteiger partial charge on any atom is -0.426 e. The first-order valence-electron chi connectivity index (χ1n) is 6.34. The lowest BCUT2D eigenvalue weighted by atomic mass is 9.91. The smallest absolute Gasteiger partial charge is 0.308 e. The zero-order chi connectivity index (χ0) is 11.8. The SMILES string of the molecule is CC(=O)Oc1ccc2c3c1CCCN3CCC2. The van der Waals surface area contributed by atoms with Gasteiger partial charge in [0.2, 0.25) is 0 Å². The van der Waals surface area contributed by atoms with Gasteiger partial charge in [0.15, 0.2) is 0 Å². The van der Waals surface area contributed by atoms with Crippen LogP contribution in [0.5, 0.6) is 5.75 Å². The third kappa shape index (κ3) is 1.79. The van der Waals surface area contributed by atoms with Crippen LogP contribution in [0, 0.1) is 0 Å². The molecule has 1 aromatic carbocycles. The standard InChI is InChI=1S/C14H17NO2/c1-10(16)17-13-7-6-11-4-2-8-15-9-3-5-12(13)14(11)15/h6-7H,2-5,8-9H2,1H3. The van der Waals surface area contributed by atoms with E-state index in [1.807, 2.05) is 6.07 Å². The van der Waals surface area contributed by atoms with E-state index in [9.17, 15) is 4.79 Å². The molecule has 2 heterocycles. The fourth-order valence-electron chi connectivity index (χ4n) is 3.00. The van der Waals surface area contributed by atoms with E-state index in [1.165, 1.54) is 30.2 Å². The van der Waals surface area contributed by atoms with Gasteiger partial charge in [0.25, 0.3) is 0 Å². The fraction of sp³-hybridized carbons (Fsp3) is 0.500. The number of carbonyl (C=O) groups is 1. The van der Waals surface area contributed by atoms with E-state index in [0.717, 1.165) is 38.1 Å². The van der Waals surface area contributed by atoms with E-state index < -0.39 is 0 Å². The highest BCUT2D eigenvalue weighted by molar-refractivity contribution is 5.73. The summed E-state index contributed by atoms with van der Waals surface area (Å²) in [5.41, 5.74) is 4.01. The van der Waals surface area contributed by atoms with Crippen LogP contribution >= 0.6 is 0 Å². The average Bonchev–Trinajstić information content (AvgIpc) is 2.33. The molecular weight excluding hydrogens is 214 g/mol. The Labute approximate surface area is 101 Å². The number of anilines is 1. The molecule has 0 bridgehead atoms. The molecule has 0 saturated carbocycles. The lowest BCUT2D eigenvalue weighted by molar-refractivity contribution is -0.131. The zero-order valence-corrected chi connectivity index (χ0v) is 10.2. The van der Waals surface area contributed by atoms with Gasteiger partial charge < -0.3 is 9.64 Å². The molecule has 0 N–H and O–H groups in total. The minimum absolute atomic E-state index is 0.228. The summed E-state index contributed by atoms with van der Waals surface area (Å²) in [6, 6.07) is 4.08. The number of esters is 1. The number of benzene rings is 1. The largest absolute Gasteiger partial charge is 0.426 e. The van der Waals surface area contributed by atoms with Crippen molar-refractivity contribution in [1.82, 2.24) is 0 Å². The molecule has 17 heavy (non-hydrogen) atoms. The molecule has 2 aliphatic heterocycles. The maximum atomic E-state index is 11.1. The molecule has 0 atom stereocenters. The Kier molecular flexibility index (Phi) is 2.54. The van der Waals surface area contributed by atoms with E-state index >= 15 is 0 Å². The van der Waals surface area contributed by atoms with E-state index in [-0.39, 0.29) is 5.97 Å². The third-order valence-electron chi connectivity index (χ3n) is 3.62. The fourth-order valence-corrected chi connectivity index (χ4v) is 3.00. The first-order valence-corrected chi connectivity index (χ1v) is 6.34. The van der Waals surface area contributed by atoms with Crippen molar-refractivity contribution in [2.75, 3.05) is 18.0 Å². The van der Waals surface area contributed by atoms with E-state index in [2.05, 4.69) is 11.0 Å². The minimum atomic E-state index is -0.228. The Morgan fingerprint density at radius 3 is 2.76 bits per heavy atom. The predicted octanol–water partition coefficient (Wildman–Crippen LogP) is 2.31. The number of rotatable bonds is 1. The summed E-state index contributed by atoms with van der Waals surface area (Å²) < 4.78 is 5.32. The highest BCUT2D eigenvalue weighted by Gasteiger charge is 2.26. The van der Waals surface area contributed by atoms with Gasteiger partial charge >= 0.3 is 5.97 Å². The number of nitrogens with zero attached hydrogens (tertiary/aromatic N) is 1. The molecule has 0 aliphatic carbocycles. The highest BCUT2D eigenvalue weighted by Crippen LogP contribution is 2.40. The summed E-state index contributed by atoms with van der Waals surface area (Å²) in [7, 11) is 0. The Hall–Kier alpha value is -1.51. The van der Waals surface area contributed by atoms with Crippen LogP contribution in [0.3, 0.4) is 0 Å². The molecule has 0 radical (unpaired) electrons. The Balaban J connectivity index is 2.09. The van der Waals surface area contributed by atoms with E-state index in [4.69, 9.17) is 4.74 Å². The van der Waals surface area contributed by atoms with Crippen LogP contribution in [0.15, 0.2) is 12.1 Å². The Morgan fingerprint density at radius 1 is 1.24 bits per heavy atom. The first-order chi connectivity index (χ1) is 8.25. The predicted molar refractivity (Wildman–Crippen MR) is 66.6 cm³/mol. The molecule has 0 amide bonds.